The first-order valence-electron chi connectivity index (χ1n) is 9.63. The number of rotatable bonds is 6. The zero-order valence-electron chi connectivity index (χ0n) is 16.1. The predicted molar refractivity (Wildman–Crippen MR) is 99.5 cm³/mol. The van der Waals surface area contributed by atoms with Crippen molar-refractivity contribution in [3.63, 3.8) is 0 Å². The Labute approximate surface area is 144 Å². The normalized spacial score (nSPS) is 22.9. The molecule has 23 heavy (non-hydrogen) atoms. The molecule has 2 nitrogen and oxygen atoms in total. The number of allylic oxidation sites excluding steroid dienone is 4. The van der Waals surface area contributed by atoms with Crippen molar-refractivity contribution in [1.29, 1.82) is 0 Å². The number of ether oxygens (including phenoxy) is 1. The molecule has 0 amide bonds. The molecule has 1 unspecified atom stereocenters. The van der Waals surface area contributed by atoms with Crippen LogP contribution >= 0.6 is 0 Å². The summed E-state index contributed by atoms with van der Waals surface area (Å²) in [7, 11) is 0. The van der Waals surface area contributed by atoms with Gasteiger partial charge in [-0.3, -0.25) is 0 Å². The monoisotopic (exact) mass is 319 g/mol. The predicted octanol–water partition coefficient (Wildman–Crippen LogP) is 5.56. The summed E-state index contributed by atoms with van der Waals surface area (Å²) in [6.07, 6.45) is 12.2. The second kappa shape index (κ2) is 7.88. The van der Waals surface area contributed by atoms with Crippen LogP contribution in [0.25, 0.3) is 0 Å². The molecule has 0 aromatic carbocycles. The Morgan fingerprint density at radius 1 is 1.00 bits per heavy atom. The summed E-state index contributed by atoms with van der Waals surface area (Å²) in [5, 5.41) is 0. The highest BCUT2D eigenvalue weighted by molar-refractivity contribution is 5.28. The van der Waals surface area contributed by atoms with Gasteiger partial charge in [0.1, 0.15) is 0 Å². The average Bonchev–Trinajstić information content (AvgIpc) is 2.84. The van der Waals surface area contributed by atoms with Crippen LogP contribution in [0.5, 0.6) is 0 Å². The van der Waals surface area contributed by atoms with Crippen molar-refractivity contribution >= 4 is 0 Å². The summed E-state index contributed by atoms with van der Waals surface area (Å²) in [4.78, 5) is 2.54. The summed E-state index contributed by atoms with van der Waals surface area (Å²) < 4.78 is 5.59. The molecule has 1 atom stereocenters. The van der Waals surface area contributed by atoms with Crippen LogP contribution in [0.15, 0.2) is 23.4 Å². The van der Waals surface area contributed by atoms with E-state index in [0.717, 1.165) is 32.7 Å². The second-order valence-corrected chi connectivity index (χ2v) is 8.41. The Kier molecular flexibility index (Phi) is 6.36. The van der Waals surface area contributed by atoms with Crippen molar-refractivity contribution in [2.24, 2.45) is 10.8 Å². The third kappa shape index (κ3) is 4.86. The van der Waals surface area contributed by atoms with Crippen LogP contribution in [-0.2, 0) is 4.74 Å². The van der Waals surface area contributed by atoms with Gasteiger partial charge in [0.2, 0.25) is 0 Å². The Hall–Kier alpha value is -0.760. The average molecular weight is 320 g/mol. The Morgan fingerprint density at radius 2 is 1.78 bits per heavy atom. The molecular weight excluding hydrogens is 282 g/mol. The fraction of sp³-hybridized carbons (Fsp3) is 0.810. The fourth-order valence-electron chi connectivity index (χ4n) is 4.07. The molecule has 2 heteroatoms. The van der Waals surface area contributed by atoms with Crippen molar-refractivity contribution in [3.05, 3.63) is 23.4 Å². The van der Waals surface area contributed by atoms with E-state index in [1.54, 1.807) is 5.57 Å². The van der Waals surface area contributed by atoms with Gasteiger partial charge in [-0.05, 0) is 49.0 Å². The smallest absolute Gasteiger partial charge is 0.0641 e. The van der Waals surface area contributed by atoms with E-state index in [1.807, 2.05) is 0 Å². The quantitative estimate of drug-likeness (QED) is 0.636. The van der Waals surface area contributed by atoms with E-state index in [0.29, 0.717) is 10.8 Å². The van der Waals surface area contributed by atoms with Crippen LogP contribution in [-0.4, -0.2) is 31.2 Å². The number of hydrogen-bond acceptors (Lipinski definition) is 2. The summed E-state index contributed by atoms with van der Waals surface area (Å²) in [5.41, 5.74) is 3.96. The lowest BCUT2D eigenvalue weighted by molar-refractivity contribution is 0.144. The van der Waals surface area contributed by atoms with Crippen molar-refractivity contribution in [2.45, 2.75) is 73.1 Å². The number of hydrogen-bond donors (Lipinski definition) is 0. The fourth-order valence-corrected chi connectivity index (χ4v) is 4.07. The SMILES string of the molecule is CCC(C)(C)CC(C)(CC)C1=CC=C(N2CCCOCC2)CC1. The zero-order valence-corrected chi connectivity index (χ0v) is 16.1. The molecule has 0 aromatic heterocycles. The van der Waals surface area contributed by atoms with Gasteiger partial charge >= 0.3 is 0 Å². The molecule has 0 N–H and O–H groups in total. The van der Waals surface area contributed by atoms with Crippen molar-refractivity contribution in [1.82, 2.24) is 4.90 Å². The van der Waals surface area contributed by atoms with E-state index < -0.39 is 0 Å². The first-order chi connectivity index (χ1) is 10.9. The third-order valence-corrected chi connectivity index (χ3v) is 6.14. The molecule has 0 bridgehead atoms. The molecule has 1 aliphatic heterocycles. The van der Waals surface area contributed by atoms with E-state index in [4.69, 9.17) is 4.74 Å². The molecule has 1 saturated heterocycles. The van der Waals surface area contributed by atoms with Crippen LogP contribution < -0.4 is 0 Å². The minimum absolute atomic E-state index is 0.351. The molecule has 0 spiro atoms. The molecule has 0 radical (unpaired) electrons. The summed E-state index contributed by atoms with van der Waals surface area (Å²) in [6, 6.07) is 0. The van der Waals surface area contributed by atoms with Gasteiger partial charge in [0.05, 0.1) is 6.61 Å². The summed E-state index contributed by atoms with van der Waals surface area (Å²) in [5.74, 6) is 0. The summed E-state index contributed by atoms with van der Waals surface area (Å²) in [6.45, 7) is 16.0. The van der Waals surface area contributed by atoms with Gasteiger partial charge in [-0.1, -0.05) is 52.7 Å². The van der Waals surface area contributed by atoms with Gasteiger partial charge in [-0.15, -0.1) is 0 Å². The van der Waals surface area contributed by atoms with Gasteiger partial charge in [-0.25, -0.2) is 0 Å². The van der Waals surface area contributed by atoms with Gasteiger partial charge < -0.3 is 9.64 Å². The summed E-state index contributed by atoms with van der Waals surface area (Å²) >= 11 is 0. The highest BCUT2D eigenvalue weighted by Crippen LogP contribution is 2.46. The molecule has 0 aromatic rings. The van der Waals surface area contributed by atoms with Gasteiger partial charge in [-0.2, -0.15) is 0 Å². The molecule has 1 heterocycles. The molecule has 1 fully saturated rings. The Balaban J connectivity index is 2.10. The minimum atomic E-state index is 0.351. The zero-order chi connectivity index (χ0) is 16.9. The Morgan fingerprint density at radius 3 is 2.39 bits per heavy atom. The van der Waals surface area contributed by atoms with E-state index in [-0.39, 0.29) is 0 Å². The highest BCUT2D eigenvalue weighted by Gasteiger charge is 2.34. The maximum Gasteiger partial charge on any atom is 0.0641 e. The van der Waals surface area contributed by atoms with Crippen molar-refractivity contribution in [2.75, 3.05) is 26.3 Å². The van der Waals surface area contributed by atoms with E-state index in [1.165, 1.54) is 37.8 Å². The van der Waals surface area contributed by atoms with E-state index in [2.05, 4.69) is 51.7 Å². The second-order valence-electron chi connectivity index (χ2n) is 8.41. The van der Waals surface area contributed by atoms with Crippen LogP contribution in [0.3, 0.4) is 0 Å². The molecule has 2 aliphatic rings. The van der Waals surface area contributed by atoms with Crippen molar-refractivity contribution < 1.29 is 4.74 Å². The first kappa shape index (κ1) is 18.6. The molecular formula is C21H37NO. The van der Waals surface area contributed by atoms with Gasteiger partial charge in [0.25, 0.3) is 0 Å². The maximum atomic E-state index is 5.59. The molecule has 132 valence electrons. The topological polar surface area (TPSA) is 12.5 Å². The lowest BCUT2D eigenvalue weighted by Gasteiger charge is -2.40. The lowest BCUT2D eigenvalue weighted by atomic mass is 9.66. The van der Waals surface area contributed by atoms with E-state index >= 15 is 0 Å². The van der Waals surface area contributed by atoms with Crippen LogP contribution in [0.1, 0.15) is 73.1 Å². The highest BCUT2D eigenvalue weighted by atomic mass is 16.5. The van der Waals surface area contributed by atoms with Gasteiger partial charge in [0, 0.05) is 25.4 Å². The van der Waals surface area contributed by atoms with Crippen LogP contribution in [0, 0.1) is 10.8 Å². The van der Waals surface area contributed by atoms with E-state index in [9.17, 15) is 0 Å². The first-order valence-corrected chi connectivity index (χ1v) is 9.63. The number of nitrogens with zero attached hydrogens (tertiary/aromatic N) is 1. The molecule has 0 saturated carbocycles. The van der Waals surface area contributed by atoms with Crippen LogP contribution in [0.4, 0.5) is 0 Å². The maximum absolute atomic E-state index is 5.59. The lowest BCUT2D eigenvalue weighted by Crippen LogP contribution is -2.30. The largest absolute Gasteiger partial charge is 0.380 e. The molecule has 2 rings (SSSR count). The van der Waals surface area contributed by atoms with Crippen molar-refractivity contribution in [3.8, 4) is 0 Å². The van der Waals surface area contributed by atoms with Gasteiger partial charge in [0.15, 0.2) is 0 Å². The minimum Gasteiger partial charge on any atom is -0.380 e. The standard InChI is InChI=1S/C21H37NO/c1-6-20(3,4)17-21(5,7-2)18-9-11-19(12-10-18)22-13-8-15-23-16-14-22/h9,11H,6-8,10,12-17H2,1-5H3. The Bertz CT molecular complexity index is 441. The third-order valence-electron chi connectivity index (χ3n) is 6.14. The van der Waals surface area contributed by atoms with Crippen LogP contribution in [0.2, 0.25) is 0 Å². The molecule has 1 aliphatic carbocycles.